The number of unbranched alkanes of at least 4 members (excludes halogenated alkanes) is 4. The Bertz CT molecular complexity index is 681. The van der Waals surface area contributed by atoms with Crippen LogP contribution >= 0.6 is 0 Å². The van der Waals surface area contributed by atoms with Gasteiger partial charge in [0.2, 0.25) is 0 Å². The number of aryl methyl sites for hydroxylation is 1. The van der Waals surface area contributed by atoms with Gasteiger partial charge >= 0.3 is 0 Å². The Balaban J connectivity index is 1.69. The molecule has 0 amide bonds. The van der Waals surface area contributed by atoms with E-state index in [-0.39, 0.29) is 0 Å². The van der Waals surface area contributed by atoms with Crippen LogP contribution in [0.4, 0.5) is 0 Å². The Labute approximate surface area is 155 Å². The molecule has 0 saturated heterocycles. The second-order valence-electron chi connectivity index (χ2n) is 8.95. The zero-order chi connectivity index (χ0) is 18.7. The van der Waals surface area contributed by atoms with Crippen molar-refractivity contribution in [1.29, 1.82) is 0 Å². The van der Waals surface area contributed by atoms with E-state index in [2.05, 4.69) is 26.0 Å². The molecule has 3 heteroatoms. The number of sulfone groups is 1. The molecule has 0 aromatic heterocycles. The Hall–Kier alpha value is -0.830. The van der Waals surface area contributed by atoms with Gasteiger partial charge in [-0.3, -0.25) is 0 Å². The summed E-state index contributed by atoms with van der Waals surface area (Å²) in [5.74, 6) is 1.13. The number of hydrogen-bond acceptors (Lipinski definition) is 2. The molecule has 1 atom stereocenters. The molecule has 0 saturated carbocycles. The Morgan fingerprint density at radius 2 is 1.64 bits per heavy atom. The first-order chi connectivity index (χ1) is 11.6. The van der Waals surface area contributed by atoms with Crippen molar-refractivity contribution in [3.05, 3.63) is 34.4 Å². The van der Waals surface area contributed by atoms with Crippen LogP contribution in [-0.4, -0.2) is 18.9 Å². The first-order valence-corrected chi connectivity index (χ1v) is 11.6. The molecule has 142 valence electrons. The number of rotatable bonds is 8. The second-order valence-corrected chi connectivity index (χ2v) is 11.8. The third kappa shape index (κ3) is 5.32. The van der Waals surface area contributed by atoms with Crippen molar-refractivity contribution < 1.29 is 8.42 Å². The van der Waals surface area contributed by atoms with Gasteiger partial charge in [-0.1, -0.05) is 38.3 Å². The highest BCUT2D eigenvalue weighted by Gasteiger charge is 2.27. The normalized spacial score (nSPS) is 17.7. The highest BCUT2D eigenvalue weighted by Crippen LogP contribution is 2.31. The van der Waals surface area contributed by atoms with Crippen molar-refractivity contribution in [2.75, 3.05) is 5.75 Å². The first kappa shape index (κ1) is 20.5. The van der Waals surface area contributed by atoms with Crippen LogP contribution in [0.25, 0.3) is 0 Å². The molecule has 0 radical (unpaired) electrons. The minimum absolute atomic E-state index is 0.332. The summed E-state index contributed by atoms with van der Waals surface area (Å²) in [4.78, 5) is 0. The predicted molar refractivity (Wildman–Crippen MR) is 108 cm³/mol. The Morgan fingerprint density at radius 1 is 1.00 bits per heavy atom. The van der Waals surface area contributed by atoms with Crippen LogP contribution in [0.1, 0.15) is 82.1 Å². The van der Waals surface area contributed by atoms with Crippen LogP contribution in [0.15, 0.2) is 12.1 Å². The van der Waals surface area contributed by atoms with E-state index < -0.39 is 14.6 Å². The third-order valence-corrected chi connectivity index (χ3v) is 8.41. The van der Waals surface area contributed by atoms with Gasteiger partial charge < -0.3 is 0 Å². The Kier molecular flexibility index (Phi) is 6.75. The average Bonchev–Trinajstić information content (AvgIpc) is 2.88. The van der Waals surface area contributed by atoms with Crippen molar-refractivity contribution >= 4 is 9.84 Å². The van der Waals surface area contributed by atoms with Crippen molar-refractivity contribution in [3.8, 4) is 0 Å². The minimum Gasteiger partial charge on any atom is -0.228 e. The molecule has 0 aliphatic heterocycles. The summed E-state index contributed by atoms with van der Waals surface area (Å²) in [6, 6.07) is 4.68. The van der Waals surface area contributed by atoms with E-state index >= 15 is 0 Å². The summed E-state index contributed by atoms with van der Waals surface area (Å²) in [6.07, 6.45) is 9.02. The largest absolute Gasteiger partial charge is 0.228 e. The van der Waals surface area contributed by atoms with Gasteiger partial charge in [-0.15, -0.1) is 0 Å². The summed E-state index contributed by atoms with van der Waals surface area (Å²) < 4.78 is 23.5. The fourth-order valence-electron chi connectivity index (χ4n) is 3.85. The van der Waals surface area contributed by atoms with Crippen LogP contribution < -0.4 is 0 Å². The lowest BCUT2D eigenvalue weighted by Gasteiger charge is -2.18. The predicted octanol–water partition coefficient (Wildman–Crippen LogP) is 5.44. The van der Waals surface area contributed by atoms with Crippen LogP contribution in [0, 0.1) is 12.8 Å². The summed E-state index contributed by atoms with van der Waals surface area (Å²) in [6.45, 7) is 10.0. The molecule has 0 bridgehead atoms. The van der Waals surface area contributed by atoms with Gasteiger partial charge in [0.05, 0.1) is 10.5 Å². The molecule has 1 aliphatic carbocycles. The molecule has 25 heavy (non-hydrogen) atoms. The highest BCUT2D eigenvalue weighted by molar-refractivity contribution is 7.92. The maximum atomic E-state index is 12.1. The molecule has 2 rings (SSSR count). The van der Waals surface area contributed by atoms with Gasteiger partial charge in [-0.05, 0) is 88.0 Å². The zero-order valence-corrected chi connectivity index (χ0v) is 17.6. The molecule has 0 N–H and O–H groups in total. The van der Waals surface area contributed by atoms with E-state index in [0.717, 1.165) is 31.6 Å². The van der Waals surface area contributed by atoms with Crippen molar-refractivity contribution in [1.82, 2.24) is 0 Å². The standard InChI is InChI=1S/C22H36O2S/c1-17-15-20-13-12-19(18(2)21(20)16-17)11-9-7-6-8-10-14-25(23,24)22(3,4)5/h12-13,17H,6-11,14-16H2,1-5H3. The lowest BCUT2D eigenvalue weighted by atomic mass is 9.95. The van der Waals surface area contributed by atoms with Crippen LogP contribution in [0.2, 0.25) is 0 Å². The van der Waals surface area contributed by atoms with Gasteiger partial charge in [0.1, 0.15) is 0 Å². The average molecular weight is 365 g/mol. The topological polar surface area (TPSA) is 34.1 Å². The van der Waals surface area contributed by atoms with Gasteiger partial charge in [0, 0.05) is 0 Å². The fourth-order valence-corrected chi connectivity index (χ4v) is 5.04. The van der Waals surface area contributed by atoms with Gasteiger partial charge in [-0.25, -0.2) is 8.42 Å². The number of fused-ring (bicyclic) bond motifs is 1. The number of benzene rings is 1. The van der Waals surface area contributed by atoms with E-state index in [9.17, 15) is 8.42 Å². The molecule has 1 unspecified atom stereocenters. The van der Waals surface area contributed by atoms with Crippen LogP contribution in [0.5, 0.6) is 0 Å². The van der Waals surface area contributed by atoms with Crippen molar-refractivity contribution in [2.24, 2.45) is 5.92 Å². The maximum Gasteiger partial charge on any atom is 0.155 e. The SMILES string of the molecule is Cc1c(CCCCCCCS(=O)(=O)C(C)(C)C)ccc2c1CC(C)C2. The van der Waals surface area contributed by atoms with Crippen LogP contribution in [-0.2, 0) is 29.1 Å². The summed E-state index contributed by atoms with van der Waals surface area (Å²) in [7, 11) is -2.95. The van der Waals surface area contributed by atoms with Crippen molar-refractivity contribution in [2.45, 2.75) is 90.7 Å². The van der Waals surface area contributed by atoms with E-state index in [1.165, 1.54) is 36.8 Å². The molecule has 1 aromatic rings. The molecule has 2 nitrogen and oxygen atoms in total. The molecule has 0 spiro atoms. The monoisotopic (exact) mass is 364 g/mol. The van der Waals surface area contributed by atoms with E-state index in [1.54, 1.807) is 31.9 Å². The van der Waals surface area contributed by atoms with Crippen molar-refractivity contribution in [3.63, 3.8) is 0 Å². The second kappa shape index (κ2) is 8.24. The molecular formula is C22H36O2S. The minimum atomic E-state index is -2.95. The molecule has 1 aromatic carbocycles. The quantitative estimate of drug-likeness (QED) is 0.576. The summed E-state index contributed by atoms with van der Waals surface area (Å²) in [5, 5.41) is 0. The lowest BCUT2D eigenvalue weighted by Crippen LogP contribution is -2.30. The lowest BCUT2D eigenvalue weighted by molar-refractivity contribution is 0.552. The highest BCUT2D eigenvalue weighted by atomic mass is 32.2. The van der Waals surface area contributed by atoms with Gasteiger partial charge in [-0.2, -0.15) is 0 Å². The molecule has 0 heterocycles. The van der Waals surface area contributed by atoms with E-state index in [0.29, 0.717) is 5.75 Å². The first-order valence-electron chi connectivity index (χ1n) is 9.94. The number of hydrogen-bond donors (Lipinski definition) is 0. The summed E-state index contributed by atoms with van der Waals surface area (Å²) in [5.41, 5.74) is 6.22. The Morgan fingerprint density at radius 3 is 2.32 bits per heavy atom. The molecule has 1 aliphatic rings. The summed E-state index contributed by atoms with van der Waals surface area (Å²) >= 11 is 0. The third-order valence-electron chi connectivity index (χ3n) is 5.72. The molecular weight excluding hydrogens is 328 g/mol. The van der Waals surface area contributed by atoms with Gasteiger partial charge in [0.25, 0.3) is 0 Å². The maximum absolute atomic E-state index is 12.1. The fraction of sp³-hybridized carbons (Fsp3) is 0.727. The molecule has 0 fully saturated rings. The zero-order valence-electron chi connectivity index (χ0n) is 16.8. The van der Waals surface area contributed by atoms with E-state index in [1.807, 2.05) is 0 Å². The smallest absolute Gasteiger partial charge is 0.155 e. The van der Waals surface area contributed by atoms with E-state index in [4.69, 9.17) is 0 Å². The van der Waals surface area contributed by atoms with Gasteiger partial charge in [0.15, 0.2) is 9.84 Å². The van der Waals surface area contributed by atoms with Crippen LogP contribution in [0.3, 0.4) is 0 Å².